The quantitative estimate of drug-likeness (QED) is 0.561. The van der Waals surface area contributed by atoms with Crippen LogP contribution in [-0.4, -0.2) is 23.8 Å². The summed E-state index contributed by atoms with van der Waals surface area (Å²) in [4.78, 5) is 11.1. The predicted molar refractivity (Wildman–Crippen MR) is 54.4 cm³/mol. The highest BCUT2D eigenvalue weighted by Crippen LogP contribution is 2.48. The molecule has 0 atom stereocenters. The van der Waals surface area contributed by atoms with Crippen LogP contribution in [-0.2, 0) is 0 Å². The zero-order valence-corrected chi connectivity index (χ0v) is 10.6. The topological polar surface area (TPSA) is 17.1 Å². The van der Waals surface area contributed by atoms with Crippen molar-refractivity contribution < 1.29 is 39.9 Å². The normalized spacial score (nSPS) is 13.4. The minimum Gasteiger partial charge on any atom is -0.287 e. The summed E-state index contributed by atoms with van der Waals surface area (Å²) < 4.78 is 100. The summed E-state index contributed by atoms with van der Waals surface area (Å²) in [6.45, 7) is 0. The molecule has 1 nitrogen and oxygen atoms in total. The Labute approximate surface area is 114 Å². The number of hydrogen-bond donors (Lipinski definition) is 0. The third kappa shape index (κ3) is 2.65. The van der Waals surface area contributed by atoms with Gasteiger partial charge in [-0.1, -0.05) is 15.9 Å². The van der Waals surface area contributed by atoms with Gasteiger partial charge in [0.05, 0.1) is 5.56 Å². The van der Waals surface area contributed by atoms with Crippen molar-refractivity contribution in [1.82, 2.24) is 0 Å². The number of benzene rings is 1. The molecule has 0 aliphatic rings. The molecule has 0 radical (unpaired) electrons. The van der Waals surface area contributed by atoms with Crippen LogP contribution < -0.4 is 0 Å². The second-order valence-corrected chi connectivity index (χ2v) is 4.52. The van der Waals surface area contributed by atoms with Gasteiger partial charge in [-0.2, -0.15) is 30.7 Å². The van der Waals surface area contributed by atoms with E-state index < -0.39 is 35.2 Å². The molecule has 1 aromatic rings. The van der Waals surface area contributed by atoms with Crippen LogP contribution >= 0.6 is 15.9 Å². The van der Waals surface area contributed by atoms with Crippen LogP contribution in [0.2, 0.25) is 0 Å². The van der Waals surface area contributed by atoms with Gasteiger partial charge in [0.1, 0.15) is 5.82 Å². The van der Waals surface area contributed by atoms with Crippen molar-refractivity contribution in [2.24, 2.45) is 0 Å². The number of carbonyl (C=O) groups is 1. The SMILES string of the molecule is O=C(c1cc(Br)ccc1F)C(F)(F)C(F)(F)C(F)(F)F. The van der Waals surface area contributed by atoms with Gasteiger partial charge in [-0.3, -0.25) is 4.79 Å². The van der Waals surface area contributed by atoms with Crippen LogP contribution in [0.4, 0.5) is 35.1 Å². The van der Waals surface area contributed by atoms with E-state index in [0.29, 0.717) is 12.1 Å². The number of rotatable bonds is 3. The largest absolute Gasteiger partial charge is 0.460 e. The molecule has 1 rings (SSSR count). The first kappa shape index (κ1) is 16.9. The van der Waals surface area contributed by atoms with Crippen LogP contribution in [0.25, 0.3) is 0 Å². The summed E-state index contributed by atoms with van der Waals surface area (Å²) in [5, 5.41) is 0. The molecule has 0 amide bonds. The zero-order valence-electron chi connectivity index (χ0n) is 9.04. The molecule has 0 aromatic heterocycles. The fraction of sp³-hybridized carbons (Fsp3) is 0.300. The maximum atomic E-state index is 13.1. The van der Waals surface area contributed by atoms with Gasteiger partial charge >= 0.3 is 18.0 Å². The summed E-state index contributed by atoms with van der Waals surface area (Å²) in [7, 11) is 0. The zero-order chi connectivity index (χ0) is 15.9. The Morgan fingerprint density at radius 2 is 1.50 bits per heavy atom. The third-order valence-corrected chi connectivity index (χ3v) is 2.70. The number of ketones is 1. The van der Waals surface area contributed by atoms with E-state index in [1.165, 1.54) is 0 Å². The summed E-state index contributed by atoms with van der Waals surface area (Å²) >= 11 is 2.65. The molecule has 0 saturated heterocycles. The minimum absolute atomic E-state index is 0.145. The Morgan fingerprint density at radius 1 is 1.00 bits per heavy atom. The van der Waals surface area contributed by atoms with E-state index in [1.807, 2.05) is 0 Å². The van der Waals surface area contributed by atoms with Crippen molar-refractivity contribution >= 4 is 21.7 Å². The Kier molecular flexibility index (Phi) is 4.19. The Morgan fingerprint density at radius 3 is 1.95 bits per heavy atom. The number of carbonyl (C=O) groups excluding carboxylic acids is 1. The van der Waals surface area contributed by atoms with Gasteiger partial charge in [-0.15, -0.1) is 0 Å². The van der Waals surface area contributed by atoms with E-state index in [-0.39, 0.29) is 4.47 Å². The lowest BCUT2D eigenvalue weighted by molar-refractivity contribution is -0.339. The van der Waals surface area contributed by atoms with E-state index in [4.69, 9.17) is 0 Å². The summed E-state index contributed by atoms with van der Waals surface area (Å²) in [6.07, 6.45) is -6.66. The average molecular weight is 371 g/mol. The standard InChI is InChI=1S/C10H3BrF8O/c11-4-1-2-6(12)5(3-4)7(20)8(13,14)9(15,16)10(17,18)19/h1-3H. The van der Waals surface area contributed by atoms with Crippen molar-refractivity contribution in [2.45, 2.75) is 18.0 Å². The molecule has 0 aliphatic heterocycles. The molecule has 0 spiro atoms. The molecule has 112 valence electrons. The minimum atomic E-state index is -6.66. The smallest absolute Gasteiger partial charge is 0.287 e. The number of hydrogen-bond acceptors (Lipinski definition) is 1. The van der Waals surface area contributed by atoms with E-state index in [9.17, 15) is 39.9 Å². The molecule has 0 aliphatic carbocycles. The van der Waals surface area contributed by atoms with Crippen LogP contribution in [0.5, 0.6) is 0 Å². The van der Waals surface area contributed by atoms with Crippen LogP contribution in [0, 0.1) is 5.82 Å². The highest BCUT2D eigenvalue weighted by molar-refractivity contribution is 9.10. The molecule has 20 heavy (non-hydrogen) atoms. The van der Waals surface area contributed by atoms with E-state index >= 15 is 0 Å². The van der Waals surface area contributed by atoms with Gasteiger partial charge in [-0.25, -0.2) is 4.39 Å². The number of halogens is 9. The van der Waals surface area contributed by atoms with E-state index in [2.05, 4.69) is 15.9 Å². The maximum absolute atomic E-state index is 13.1. The van der Waals surface area contributed by atoms with Crippen molar-refractivity contribution in [3.8, 4) is 0 Å². The maximum Gasteiger partial charge on any atom is 0.460 e. The lowest BCUT2D eigenvalue weighted by Crippen LogP contribution is -2.56. The molecule has 0 saturated carbocycles. The van der Waals surface area contributed by atoms with Crippen LogP contribution in [0.1, 0.15) is 10.4 Å². The molecule has 1 aromatic carbocycles. The monoisotopic (exact) mass is 370 g/mol. The van der Waals surface area contributed by atoms with E-state index in [1.54, 1.807) is 0 Å². The van der Waals surface area contributed by atoms with Crippen LogP contribution in [0.15, 0.2) is 22.7 Å². The van der Waals surface area contributed by atoms with Gasteiger partial charge in [0, 0.05) is 4.47 Å². The molecule has 0 heterocycles. The summed E-state index contributed by atoms with van der Waals surface area (Å²) in [5.41, 5.74) is -1.58. The Balaban J connectivity index is 3.35. The lowest BCUT2D eigenvalue weighted by Gasteiger charge is -2.27. The first-order valence-electron chi connectivity index (χ1n) is 4.64. The van der Waals surface area contributed by atoms with Crippen molar-refractivity contribution in [2.75, 3.05) is 0 Å². The van der Waals surface area contributed by atoms with Gasteiger partial charge < -0.3 is 0 Å². The van der Waals surface area contributed by atoms with E-state index in [0.717, 1.165) is 6.07 Å². The molecular weight excluding hydrogens is 368 g/mol. The van der Waals surface area contributed by atoms with Crippen molar-refractivity contribution in [3.63, 3.8) is 0 Å². The van der Waals surface area contributed by atoms with Gasteiger partial charge in [-0.05, 0) is 18.2 Å². The number of Topliss-reactive ketones (excluding diaryl/α,β-unsaturated/α-hetero) is 1. The summed E-state index contributed by atoms with van der Waals surface area (Å²) in [5.74, 6) is -17.4. The lowest BCUT2D eigenvalue weighted by atomic mass is 9.99. The first-order chi connectivity index (χ1) is 8.82. The first-order valence-corrected chi connectivity index (χ1v) is 5.44. The van der Waals surface area contributed by atoms with Gasteiger partial charge in [0.25, 0.3) is 0 Å². The fourth-order valence-electron chi connectivity index (χ4n) is 1.16. The molecule has 0 N–H and O–H groups in total. The highest BCUT2D eigenvalue weighted by Gasteiger charge is 2.76. The van der Waals surface area contributed by atoms with Crippen molar-refractivity contribution in [1.29, 1.82) is 0 Å². The highest BCUT2D eigenvalue weighted by atomic mass is 79.9. The Bertz CT molecular complexity index is 537. The van der Waals surface area contributed by atoms with Crippen molar-refractivity contribution in [3.05, 3.63) is 34.1 Å². The summed E-state index contributed by atoms with van der Waals surface area (Å²) in [6, 6.07) is 1.81. The second-order valence-electron chi connectivity index (χ2n) is 3.60. The molecule has 10 heteroatoms. The second kappa shape index (κ2) is 4.97. The molecule has 0 bridgehead atoms. The Hall–Kier alpha value is -1.19. The molecule has 0 unspecified atom stereocenters. The van der Waals surface area contributed by atoms with Gasteiger partial charge in [0.2, 0.25) is 5.78 Å². The molecular formula is C10H3BrF8O. The predicted octanol–water partition coefficient (Wildman–Crippen LogP) is 4.60. The average Bonchev–Trinajstić information content (AvgIpc) is 2.29. The third-order valence-electron chi connectivity index (χ3n) is 2.21. The van der Waals surface area contributed by atoms with Crippen LogP contribution in [0.3, 0.4) is 0 Å². The number of alkyl halides is 7. The fourth-order valence-corrected chi connectivity index (χ4v) is 1.52. The molecule has 0 fully saturated rings. The van der Waals surface area contributed by atoms with Gasteiger partial charge in [0.15, 0.2) is 0 Å².